The van der Waals surface area contributed by atoms with Gasteiger partial charge >= 0.3 is 0 Å². The van der Waals surface area contributed by atoms with Crippen molar-refractivity contribution >= 4 is 51.5 Å². The Morgan fingerprint density at radius 2 is 1.63 bits per heavy atom. The number of carbonyl (C=O) groups is 2. The quantitative estimate of drug-likeness (QED) is 0.526. The molecule has 1 unspecified atom stereocenters. The van der Waals surface area contributed by atoms with Gasteiger partial charge in [0.15, 0.2) is 0 Å². The van der Waals surface area contributed by atoms with Gasteiger partial charge in [-0.2, -0.15) is 0 Å². The molecule has 30 heavy (non-hydrogen) atoms. The monoisotopic (exact) mass is 462 g/mol. The molecule has 1 aromatic heterocycles. The number of aryl methyl sites for hydroxylation is 1. The van der Waals surface area contributed by atoms with E-state index in [0.717, 1.165) is 11.1 Å². The van der Waals surface area contributed by atoms with E-state index < -0.39 is 11.9 Å². The van der Waals surface area contributed by atoms with Gasteiger partial charge in [-0.05, 0) is 31.0 Å². The summed E-state index contributed by atoms with van der Waals surface area (Å²) in [7, 11) is 0. The molecule has 2 N–H and O–H groups in total. The van der Waals surface area contributed by atoms with Crippen molar-refractivity contribution in [1.29, 1.82) is 0 Å². The smallest absolute Gasteiger partial charge is 0.252 e. The molecular weight excluding hydrogens is 443 g/mol. The second-order valence-electron chi connectivity index (χ2n) is 7.12. The Bertz CT molecular complexity index is 1050. The van der Waals surface area contributed by atoms with Crippen LogP contribution in [0.15, 0.2) is 42.5 Å². The topological polar surface area (TPSA) is 84.0 Å². The minimum absolute atomic E-state index is 0.159. The molecular formula is C21H20Cl2N4O2S. The molecule has 0 saturated carbocycles. The van der Waals surface area contributed by atoms with Gasteiger partial charge < -0.3 is 5.32 Å². The van der Waals surface area contributed by atoms with Crippen LogP contribution >= 0.6 is 34.5 Å². The van der Waals surface area contributed by atoms with E-state index in [1.54, 1.807) is 0 Å². The third kappa shape index (κ3) is 5.56. The Morgan fingerprint density at radius 1 is 1.00 bits per heavy atom. The molecule has 2 aromatic carbocycles. The zero-order chi connectivity index (χ0) is 21.8. The van der Waals surface area contributed by atoms with Crippen LogP contribution in [0.25, 0.3) is 10.6 Å². The van der Waals surface area contributed by atoms with Crippen molar-refractivity contribution in [2.45, 2.75) is 26.8 Å². The number of anilines is 1. The minimum Gasteiger partial charge on any atom is -0.340 e. The third-order valence-corrected chi connectivity index (χ3v) is 5.64. The lowest BCUT2D eigenvalue weighted by Crippen LogP contribution is -2.47. The number of benzene rings is 2. The third-order valence-electron chi connectivity index (χ3n) is 4.31. The number of rotatable bonds is 6. The Hall–Kier alpha value is -2.48. The molecule has 156 valence electrons. The number of nitrogens with one attached hydrogen (secondary N) is 2. The summed E-state index contributed by atoms with van der Waals surface area (Å²) in [5.41, 5.74) is 2.35. The first-order valence-electron chi connectivity index (χ1n) is 9.21. The van der Waals surface area contributed by atoms with Crippen LogP contribution in [-0.2, 0) is 4.79 Å². The lowest BCUT2D eigenvalue weighted by Gasteiger charge is -2.21. The van der Waals surface area contributed by atoms with Gasteiger partial charge in [-0.25, -0.2) is 0 Å². The van der Waals surface area contributed by atoms with E-state index in [1.165, 1.54) is 29.5 Å². The summed E-state index contributed by atoms with van der Waals surface area (Å²) in [6.07, 6.45) is 0. The van der Waals surface area contributed by atoms with Crippen molar-refractivity contribution < 1.29 is 9.59 Å². The fraction of sp³-hybridized carbons (Fsp3) is 0.238. The van der Waals surface area contributed by atoms with Crippen molar-refractivity contribution in [2.24, 2.45) is 5.92 Å². The van der Waals surface area contributed by atoms with Crippen LogP contribution in [-0.4, -0.2) is 28.1 Å². The van der Waals surface area contributed by atoms with Gasteiger partial charge in [-0.3, -0.25) is 14.9 Å². The van der Waals surface area contributed by atoms with Crippen LogP contribution in [0.5, 0.6) is 0 Å². The van der Waals surface area contributed by atoms with Crippen molar-refractivity contribution in [3.05, 3.63) is 63.6 Å². The van der Waals surface area contributed by atoms with Crippen LogP contribution in [0.1, 0.15) is 29.8 Å². The van der Waals surface area contributed by atoms with Gasteiger partial charge in [0.2, 0.25) is 11.0 Å². The zero-order valence-electron chi connectivity index (χ0n) is 16.6. The largest absolute Gasteiger partial charge is 0.340 e. The molecule has 6 nitrogen and oxygen atoms in total. The van der Waals surface area contributed by atoms with E-state index in [0.29, 0.717) is 20.2 Å². The lowest BCUT2D eigenvalue weighted by molar-refractivity contribution is -0.118. The summed E-state index contributed by atoms with van der Waals surface area (Å²) < 4.78 is 0. The Labute approximate surface area is 188 Å². The van der Waals surface area contributed by atoms with Gasteiger partial charge in [-0.15, -0.1) is 10.2 Å². The van der Waals surface area contributed by atoms with Gasteiger partial charge in [0.25, 0.3) is 5.91 Å². The molecule has 1 atom stereocenters. The SMILES string of the molecule is Cc1ccc(-c2nnc(NC(=O)C(NC(=O)c3cc(Cl)cc(Cl)c3)C(C)C)s2)cc1. The number of hydrogen-bond acceptors (Lipinski definition) is 5. The number of hydrogen-bond donors (Lipinski definition) is 2. The first-order valence-corrected chi connectivity index (χ1v) is 10.8. The molecule has 0 saturated heterocycles. The molecule has 0 aliphatic carbocycles. The van der Waals surface area contributed by atoms with Crippen LogP contribution in [0.3, 0.4) is 0 Å². The second-order valence-corrected chi connectivity index (χ2v) is 8.97. The van der Waals surface area contributed by atoms with E-state index in [1.807, 2.05) is 45.0 Å². The summed E-state index contributed by atoms with van der Waals surface area (Å²) in [6.45, 7) is 5.69. The first-order chi connectivity index (χ1) is 14.2. The maximum atomic E-state index is 12.8. The molecule has 0 aliphatic rings. The summed E-state index contributed by atoms with van der Waals surface area (Å²) >= 11 is 13.2. The molecule has 1 heterocycles. The fourth-order valence-corrected chi connectivity index (χ4v) is 3.99. The van der Waals surface area contributed by atoms with Gasteiger partial charge in [-0.1, -0.05) is 78.2 Å². The van der Waals surface area contributed by atoms with Crippen molar-refractivity contribution in [3.8, 4) is 10.6 Å². The summed E-state index contributed by atoms with van der Waals surface area (Å²) in [5, 5.41) is 15.4. The average molecular weight is 463 g/mol. The Morgan fingerprint density at radius 3 is 2.23 bits per heavy atom. The number of carbonyl (C=O) groups excluding carboxylic acids is 2. The van der Waals surface area contributed by atoms with Crippen LogP contribution in [0, 0.1) is 12.8 Å². The van der Waals surface area contributed by atoms with Gasteiger partial charge in [0.1, 0.15) is 11.0 Å². The van der Waals surface area contributed by atoms with Crippen molar-refractivity contribution in [1.82, 2.24) is 15.5 Å². The Balaban J connectivity index is 1.71. The van der Waals surface area contributed by atoms with Gasteiger partial charge in [0, 0.05) is 21.2 Å². The van der Waals surface area contributed by atoms with E-state index >= 15 is 0 Å². The fourth-order valence-electron chi connectivity index (χ4n) is 2.71. The minimum atomic E-state index is -0.776. The predicted molar refractivity (Wildman–Crippen MR) is 121 cm³/mol. The zero-order valence-corrected chi connectivity index (χ0v) is 18.9. The average Bonchev–Trinajstić information content (AvgIpc) is 3.13. The van der Waals surface area contributed by atoms with E-state index in [4.69, 9.17) is 23.2 Å². The molecule has 9 heteroatoms. The predicted octanol–water partition coefficient (Wildman–Crippen LogP) is 5.21. The highest BCUT2D eigenvalue weighted by Crippen LogP contribution is 2.27. The molecule has 3 aromatic rings. The maximum Gasteiger partial charge on any atom is 0.252 e. The number of aromatic nitrogens is 2. The van der Waals surface area contributed by atoms with Crippen LogP contribution < -0.4 is 10.6 Å². The van der Waals surface area contributed by atoms with Crippen LogP contribution in [0.4, 0.5) is 5.13 Å². The van der Waals surface area contributed by atoms with Crippen LogP contribution in [0.2, 0.25) is 10.0 Å². The van der Waals surface area contributed by atoms with E-state index in [2.05, 4.69) is 20.8 Å². The molecule has 0 bridgehead atoms. The van der Waals surface area contributed by atoms with Crippen molar-refractivity contribution in [3.63, 3.8) is 0 Å². The highest BCUT2D eigenvalue weighted by atomic mass is 35.5. The van der Waals surface area contributed by atoms with E-state index in [-0.39, 0.29) is 17.4 Å². The van der Waals surface area contributed by atoms with Gasteiger partial charge in [0.05, 0.1) is 0 Å². The summed E-state index contributed by atoms with van der Waals surface area (Å²) in [4.78, 5) is 25.4. The normalized spacial score (nSPS) is 11.9. The first kappa shape index (κ1) is 22.2. The Kier molecular flexibility index (Phi) is 7.07. The maximum absolute atomic E-state index is 12.8. The summed E-state index contributed by atoms with van der Waals surface area (Å²) in [6, 6.07) is 11.6. The highest BCUT2D eigenvalue weighted by molar-refractivity contribution is 7.18. The molecule has 0 radical (unpaired) electrons. The number of halogens is 2. The number of nitrogens with zero attached hydrogens (tertiary/aromatic N) is 2. The molecule has 2 amide bonds. The summed E-state index contributed by atoms with van der Waals surface area (Å²) in [5.74, 6) is -0.975. The molecule has 0 fully saturated rings. The second kappa shape index (κ2) is 9.55. The van der Waals surface area contributed by atoms with E-state index in [9.17, 15) is 9.59 Å². The highest BCUT2D eigenvalue weighted by Gasteiger charge is 2.26. The van der Waals surface area contributed by atoms with Crippen molar-refractivity contribution in [2.75, 3.05) is 5.32 Å². The molecule has 3 rings (SSSR count). The molecule has 0 spiro atoms. The number of amides is 2. The lowest BCUT2D eigenvalue weighted by atomic mass is 10.0. The standard InChI is InChI=1S/C21H20Cl2N4O2S/c1-11(2)17(24-18(28)14-8-15(22)10-16(23)9-14)19(29)25-21-27-26-20(30-21)13-6-4-12(3)5-7-13/h4-11,17H,1-3H3,(H,24,28)(H,25,27,29). The molecule has 0 aliphatic heterocycles.